The van der Waals surface area contributed by atoms with Gasteiger partial charge in [-0.2, -0.15) is 0 Å². The van der Waals surface area contributed by atoms with Gasteiger partial charge in [-0.25, -0.2) is 8.42 Å². The van der Waals surface area contributed by atoms with Gasteiger partial charge in [0, 0.05) is 17.2 Å². The summed E-state index contributed by atoms with van der Waals surface area (Å²) in [4.78, 5) is 13.9. The summed E-state index contributed by atoms with van der Waals surface area (Å²) in [6, 6.07) is 6.20. The number of rotatable bonds is 2. The Morgan fingerprint density at radius 3 is 2.56 bits per heavy atom. The maximum absolute atomic E-state index is 11.3. The van der Waals surface area contributed by atoms with Crippen LogP contribution in [0.4, 0.5) is 0 Å². The van der Waals surface area contributed by atoms with Crippen LogP contribution in [0.2, 0.25) is 0 Å². The van der Waals surface area contributed by atoms with Gasteiger partial charge in [-0.05, 0) is 18.2 Å². The van der Waals surface area contributed by atoms with Gasteiger partial charge in [-0.15, -0.1) is 0 Å². The Labute approximate surface area is 92.2 Å². The van der Waals surface area contributed by atoms with E-state index in [1.165, 1.54) is 12.1 Å². The monoisotopic (exact) mass is 238 g/mol. The molecule has 1 heterocycles. The smallest absolute Gasteiger partial charge is 0.265 e. The molecule has 6 heteroatoms. The lowest BCUT2D eigenvalue weighted by Gasteiger charge is -1.97. The number of benzene rings is 1. The average molecular weight is 238 g/mol. The number of nitrogens with two attached hydrogens (primary N) is 1. The highest BCUT2D eigenvalue weighted by Gasteiger charge is 2.10. The molecule has 1 aromatic carbocycles. The molecule has 0 fully saturated rings. The zero-order valence-electron chi connectivity index (χ0n) is 8.52. The van der Waals surface area contributed by atoms with Crippen LogP contribution in [0.3, 0.4) is 0 Å². The number of primary amides is 1. The second kappa shape index (κ2) is 3.34. The van der Waals surface area contributed by atoms with Crippen molar-refractivity contribution in [2.24, 2.45) is 5.73 Å². The van der Waals surface area contributed by atoms with Crippen molar-refractivity contribution in [3.63, 3.8) is 0 Å². The Kier molecular flexibility index (Phi) is 2.23. The third-order valence-electron chi connectivity index (χ3n) is 2.29. The minimum Gasteiger partial charge on any atom is -0.364 e. The largest absolute Gasteiger partial charge is 0.364 e. The van der Waals surface area contributed by atoms with Crippen LogP contribution in [0.1, 0.15) is 10.5 Å². The summed E-state index contributed by atoms with van der Waals surface area (Å²) in [5.74, 6) is -0.572. The van der Waals surface area contributed by atoms with E-state index in [0.29, 0.717) is 5.52 Å². The van der Waals surface area contributed by atoms with E-state index in [1.54, 1.807) is 12.1 Å². The normalized spacial score (nSPS) is 11.8. The van der Waals surface area contributed by atoms with Gasteiger partial charge < -0.3 is 10.7 Å². The van der Waals surface area contributed by atoms with E-state index in [0.717, 1.165) is 11.6 Å². The summed E-state index contributed by atoms with van der Waals surface area (Å²) in [5, 5.41) is 0.751. The summed E-state index contributed by atoms with van der Waals surface area (Å²) >= 11 is 0. The molecule has 2 aromatic rings. The molecule has 2 rings (SSSR count). The molecule has 3 N–H and O–H groups in total. The van der Waals surface area contributed by atoms with Crippen LogP contribution in [0.25, 0.3) is 10.9 Å². The van der Waals surface area contributed by atoms with Crippen LogP contribution in [0, 0.1) is 0 Å². The highest BCUT2D eigenvalue weighted by atomic mass is 32.2. The van der Waals surface area contributed by atoms with Gasteiger partial charge in [0.15, 0.2) is 9.84 Å². The number of nitrogens with one attached hydrogen (secondary N) is 1. The number of sulfone groups is 1. The molecular weight excluding hydrogens is 228 g/mol. The first-order chi connectivity index (χ1) is 7.38. The van der Waals surface area contributed by atoms with E-state index in [9.17, 15) is 13.2 Å². The maximum Gasteiger partial charge on any atom is 0.265 e. The average Bonchev–Trinajstić information content (AvgIpc) is 2.58. The summed E-state index contributed by atoms with van der Waals surface area (Å²) in [7, 11) is -3.24. The van der Waals surface area contributed by atoms with Crippen molar-refractivity contribution in [2.45, 2.75) is 4.90 Å². The number of H-pyrrole nitrogens is 1. The molecule has 0 aliphatic carbocycles. The van der Waals surface area contributed by atoms with Crippen molar-refractivity contribution in [3.8, 4) is 0 Å². The maximum atomic E-state index is 11.3. The predicted molar refractivity (Wildman–Crippen MR) is 59.9 cm³/mol. The van der Waals surface area contributed by atoms with Crippen LogP contribution in [0.15, 0.2) is 29.2 Å². The number of hydrogen-bond donors (Lipinski definition) is 2. The molecule has 0 spiro atoms. The Morgan fingerprint density at radius 1 is 1.31 bits per heavy atom. The second-order valence-electron chi connectivity index (χ2n) is 3.57. The van der Waals surface area contributed by atoms with E-state index in [-0.39, 0.29) is 10.6 Å². The minimum absolute atomic E-state index is 0.206. The van der Waals surface area contributed by atoms with E-state index >= 15 is 0 Å². The lowest BCUT2D eigenvalue weighted by atomic mass is 10.2. The van der Waals surface area contributed by atoms with Crippen molar-refractivity contribution < 1.29 is 13.2 Å². The van der Waals surface area contributed by atoms with Gasteiger partial charge in [0.05, 0.1) is 4.90 Å². The molecule has 84 valence electrons. The van der Waals surface area contributed by atoms with Crippen LogP contribution < -0.4 is 5.73 Å². The summed E-state index contributed by atoms with van der Waals surface area (Å²) < 4.78 is 22.6. The first-order valence-corrected chi connectivity index (χ1v) is 6.40. The molecule has 0 aliphatic rings. The van der Waals surface area contributed by atoms with Crippen LogP contribution in [-0.4, -0.2) is 25.6 Å². The number of aromatic amines is 1. The molecule has 0 atom stereocenters. The zero-order valence-corrected chi connectivity index (χ0v) is 9.34. The highest BCUT2D eigenvalue weighted by Crippen LogP contribution is 2.19. The van der Waals surface area contributed by atoms with E-state index in [4.69, 9.17) is 5.73 Å². The quantitative estimate of drug-likeness (QED) is 0.805. The lowest BCUT2D eigenvalue weighted by molar-refractivity contribution is 0.0996. The number of fused-ring (bicyclic) bond motifs is 1. The number of amides is 1. The molecule has 0 unspecified atom stereocenters. The Hall–Kier alpha value is -1.82. The van der Waals surface area contributed by atoms with Crippen LogP contribution in [0.5, 0.6) is 0 Å². The third kappa shape index (κ3) is 1.79. The third-order valence-corrected chi connectivity index (χ3v) is 3.40. The fourth-order valence-corrected chi connectivity index (χ4v) is 2.12. The van der Waals surface area contributed by atoms with Crippen molar-refractivity contribution in [3.05, 3.63) is 30.0 Å². The van der Waals surface area contributed by atoms with E-state index in [2.05, 4.69) is 4.98 Å². The number of carbonyl (C=O) groups excluding carboxylic acids is 1. The van der Waals surface area contributed by atoms with Crippen LogP contribution in [-0.2, 0) is 9.84 Å². The van der Waals surface area contributed by atoms with Gasteiger partial charge in [0.2, 0.25) is 0 Å². The topological polar surface area (TPSA) is 93.0 Å². The second-order valence-corrected chi connectivity index (χ2v) is 5.58. The molecule has 16 heavy (non-hydrogen) atoms. The fourth-order valence-electron chi connectivity index (χ4n) is 1.47. The van der Waals surface area contributed by atoms with Crippen molar-refractivity contribution in [1.82, 2.24) is 4.98 Å². The molecule has 1 amide bonds. The molecular formula is C10H10N2O3S. The number of hydrogen-bond acceptors (Lipinski definition) is 3. The van der Waals surface area contributed by atoms with Crippen molar-refractivity contribution >= 4 is 26.6 Å². The van der Waals surface area contributed by atoms with E-state index in [1.807, 2.05) is 0 Å². The Morgan fingerprint density at radius 2 is 2.00 bits per heavy atom. The molecule has 0 aliphatic heterocycles. The Balaban J connectivity index is 2.67. The number of carbonyl (C=O) groups is 1. The summed E-state index contributed by atoms with van der Waals surface area (Å²) in [6.07, 6.45) is 1.13. The van der Waals surface area contributed by atoms with Crippen molar-refractivity contribution in [1.29, 1.82) is 0 Å². The predicted octanol–water partition coefficient (Wildman–Crippen LogP) is 0.670. The fraction of sp³-hybridized carbons (Fsp3) is 0.100. The highest BCUT2D eigenvalue weighted by molar-refractivity contribution is 7.90. The van der Waals surface area contributed by atoms with E-state index < -0.39 is 15.7 Å². The lowest BCUT2D eigenvalue weighted by Crippen LogP contribution is -2.10. The van der Waals surface area contributed by atoms with Gasteiger partial charge in [0.25, 0.3) is 5.91 Å². The molecule has 0 saturated carbocycles. The standard InChI is InChI=1S/C10H10N2O3S/c1-16(14,15)7-3-2-6-4-9(10(11)13)12-8(6)5-7/h2-5,12H,1H3,(H2,11,13). The van der Waals surface area contributed by atoms with Gasteiger partial charge in [-0.1, -0.05) is 6.07 Å². The molecule has 5 nitrogen and oxygen atoms in total. The first-order valence-electron chi connectivity index (χ1n) is 4.50. The van der Waals surface area contributed by atoms with Gasteiger partial charge >= 0.3 is 0 Å². The Bertz CT molecular complexity index is 670. The zero-order chi connectivity index (χ0) is 11.9. The van der Waals surface area contributed by atoms with Crippen LogP contribution >= 0.6 is 0 Å². The molecule has 0 saturated heterocycles. The van der Waals surface area contributed by atoms with Crippen molar-refractivity contribution in [2.75, 3.05) is 6.26 Å². The minimum atomic E-state index is -3.24. The molecule has 0 radical (unpaired) electrons. The SMILES string of the molecule is CS(=O)(=O)c1ccc2cc(C(N)=O)[nH]c2c1. The van der Waals surface area contributed by atoms with Gasteiger partial charge in [0.1, 0.15) is 5.69 Å². The summed E-state index contributed by atoms with van der Waals surface area (Å²) in [5.41, 5.74) is 5.96. The first kappa shape index (κ1) is 10.7. The summed E-state index contributed by atoms with van der Waals surface area (Å²) in [6.45, 7) is 0. The number of aromatic nitrogens is 1. The molecule has 0 bridgehead atoms. The molecule has 1 aromatic heterocycles. The van der Waals surface area contributed by atoms with Gasteiger partial charge in [-0.3, -0.25) is 4.79 Å².